The minimum Gasteiger partial charge on any atom is -0.480 e. The van der Waals surface area contributed by atoms with Crippen molar-refractivity contribution in [2.24, 2.45) is 0 Å². The van der Waals surface area contributed by atoms with Crippen molar-refractivity contribution in [1.82, 2.24) is 10.2 Å². The maximum atomic E-state index is 10.7. The maximum absolute atomic E-state index is 10.7. The van der Waals surface area contributed by atoms with Gasteiger partial charge in [-0.2, -0.15) is 0 Å². The normalized spacial score (nSPS) is 13.5. The van der Waals surface area contributed by atoms with Gasteiger partial charge in [-0.3, -0.25) is 4.79 Å². The number of carboxylic acid groups (broad SMARTS) is 1. The van der Waals surface area contributed by atoms with E-state index in [4.69, 9.17) is 9.84 Å². The summed E-state index contributed by atoms with van der Waals surface area (Å²) in [5, 5.41) is 11.6. The largest absolute Gasteiger partial charge is 0.480 e. The van der Waals surface area contributed by atoms with Crippen LogP contribution in [0.5, 0.6) is 0 Å². The lowest BCUT2D eigenvalue weighted by Gasteiger charge is -2.21. The van der Waals surface area contributed by atoms with Gasteiger partial charge in [0.05, 0.1) is 12.7 Å². The third-order valence-electron chi connectivity index (χ3n) is 2.06. The number of rotatable bonds is 8. The van der Waals surface area contributed by atoms with E-state index in [0.29, 0.717) is 13.2 Å². The molecule has 1 atom stereocenters. The molecule has 2 N–H and O–H groups in total. The van der Waals surface area contributed by atoms with E-state index < -0.39 is 12.0 Å². The van der Waals surface area contributed by atoms with Crippen molar-refractivity contribution in [2.45, 2.75) is 26.0 Å². The highest BCUT2D eigenvalue weighted by atomic mass is 16.5. The zero-order valence-corrected chi connectivity index (χ0v) is 9.99. The Morgan fingerprint density at radius 2 is 2.13 bits per heavy atom. The Bertz CT molecular complexity index is 186. The van der Waals surface area contributed by atoms with Crippen LogP contribution in [0.4, 0.5) is 0 Å². The molecule has 0 rings (SSSR count). The van der Waals surface area contributed by atoms with Crippen molar-refractivity contribution in [1.29, 1.82) is 0 Å². The van der Waals surface area contributed by atoms with Crippen LogP contribution >= 0.6 is 0 Å². The van der Waals surface area contributed by atoms with E-state index >= 15 is 0 Å². The second-order valence-electron chi connectivity index (χ2n) is 3.86. The van der Waals surface area contributed by atoms with Crippen molar-refractivity contribution in [3.63, 3.8) is 0 Å². The van der Waals surface area contributed by atoms with Crippen molar-refractivity contribution < 1.29 is 14.6 Å². The predicted molar refractivity (Wildman–Crippen MR) is 59.1 cm³/mol. The number of hydrogen-bond donors (Lipinski definition) is 2. The predicted octanol–water partition coefficient (Wildman–Crippen LogP) is 0.0158. The molecular formula is C10H22N2O3. The molecule has 0 aromatic heterocycles. The molecule has 15 heavy (non-hydrogen) atoms. The molecule has 0 aromatic carbocycles. The van der Waals surface area contributed by atoms with Crippen LogP contribution in [0.2, 0.25) is 0 Å². The van der Waals surface area contributed by atoms with Gasteiger partial charge in [-0.25, -0.2) is 0 Å². The number of carboxylic acids is 1. The Kier molecular flexibility index (Phi) is 7.29. The highest BCUT2D eigenvalue weighted by molar-refractivity contribution is 5.73. The molecule has 0 aliphatic heterocycles. The maximum Gasteiger partial charge on any atom is 0.322 e. The summed E-state index contributed by atoms with van der Waals surface area (Å²) in [7, 11) is 3.54. The Morgan fingerprint density at radius 1 is 1.53 bits per heavy atom. The highest BCUT2D eigenvalue weighted by Gasteiger charge is 2.16. The first kappa shape index (κ1) is 14.3. The van der Waals surface area contributed by atoms with Crippen LogP contribution in [-0.4, -0.2) is 61.9 Å². The van der Waals surface area contributed by atoms with Crippen LogP contribution in [0.3, 0.4) is 0 Å². The zero-order chi connectivity index (χ0) is 11.8. The van der Waals surface area contributed by atoms with Crippen molar-refractivity contribution in [2.75, 3.05) is 33.8 Å². The van der Waals surface area contributed by atoms with Gasteiger partial charge in [0.25, 0.3) is 0 Å². The van der Waals surface area contributed by atoms with E-state index in [1.807, 2.05) is 25.8 Å². The lowest BCUT2D eigenvalue weighted by atomic mass is 10.3. The molecule has 0 aliphatic carbocycles. The summed E-state index contributed by atoms with van der Waals surface area (Å²) in [5.41, 5.74) is 0. The number of aliphatic carboxylic acids is 1. The summed E-state index contributed by atoms with van der Waals surface area (Å²) < 4.78 is 5.38. The molecule has 0 bridgehead atoms. The van der Waals surface area contributed by atoms with Crippen LogP contribution in [0.15, 0.2) is 0 Å². The van der Waals surface area contributed by atoms with Crippen LogP contribution in [0.25, 0.3) is 0 Å². The molecule has 1 unspecified atom stereocenters. The van der Waals surface area contributed by atoms with Gasteiger partial charge in [0, 0.05) is 13.1 Å². The van der Waals surface area contributed by atoms with Gasteiger partial charge < -0.3 is 20.1 Å². The summed E-state index contributed by atoms with van der Waals surface area (Å²) in [6.07, 6.45) is 0.220. The second-order valence-corrected chi connectivity index (χ2v) is 3.86. The number of ether oxygens (including phenoxy) is 1. The molecule has 0 radical (unpaired) electrons. The van der Waals surface area contributed by atoms with Crippen LogP contribution < -0.4 is 5.32 Å². The number of likely N-dealkylation sites (N-methyl/N-ethyl adjacent to an activating group) is 2. The SMILES string of the molecule is CNC(CN(C)CCOC(C)C)C(=O)O. The monoisotopic (exact) mass is 218 g/mol. The number of hydrogen-bond acceptors (Lipinski definition) is 4. The van der Waals surface area contributed by atoms with Crippen LogP contribution in [-0.2, 0) is 9.53 Å². The number of carbonyl (C=O) groups is 1. The van der Waals surface area contributed by atoms with Gasteiger partial charge in [-0.1, -0.05) is 0 Å². The van der Waals surface area contributed by atoms with E-state index in [0.717, 1.165) is 6.54 Å². The van der Waals surface area contributed by atoms with Crippen molar-refractivity contribution >= 4 is 5.97 Å². The lowest BCUT2D eigenvalue weighted by Crippen LogP contribution is -2.44. The third-order valence-corrected chi connectivity index (χ3v) is 2.06. The van der Waals surface area contributed by atoms with Gasteiger partial charge in [0.1, 0.15) is 6.04 Å². The van der Waals surface area contributed by atoms with Crippen LogP contribution in [0, 0.1) is 0 Å². The average Bonchev–Trinajstić information content (AvgIpc) is 2.13. The molecule has 0 spiro atoms. The first-order valence-electron chi connectivity index (χ1n) is 5.17. The minimum absolute atomic E-state index is 0.220. The van der Waals surface area contributed by atoms with Crippen molar-refractivity contribution in [3.8, 4) is 0 Å². The molecule has 0 heterocycles. The molecule has 0 saturated carbocycles. The zero-order valence-electron chi connectivity index (χ0n) is 9.99. The van der Waals surface area contributed by atoms with Gasteiger partial charge in [-0.05, 0) is 27.9 Å². The smallest absolute Gasteiger partial charge is 0.322 e. The van der Waals surface area contributed by atoms with E-state index in [2.05, 4.69) is 5.32 Å². The summed E-state index contributed by atoms with van der Waals surface area (Å²) in [6, 6.07) is -0.519. The molecule has 5 heteroatoms. The minimum atomic E-state index is -0.825. The van der Waals surface area contributed by atoms with E-state index in [1.165, 1.54) is 0 Å². The van der Waals surface area contributed by atoms with Gasteiger partial charge in [-0.15, -0.1) is 0 Å². The van der Waals surface area contributed by atoms with E-state index in [1.54, 1.807) is 7.05 Å². The summed E-state index contributed by atoms with van der Waals surface area (Å²) >= 11 is 0. The number of nitrogens with zero attached hydrogens (tertiary/aromatic N) is 1. The quantitative estimate of drug-likeness (QED) is 0.601. The topological polar surface area (TPSA) is 61.8 Å². The number of nitrogens with one attached hydrogen (secondary N) is 1. The molecular weight excluding hydrogens is 196 g/mol. The Hall–Kier alpha value is -0.650. The summed E-state index contributed by atoms with van der Waals surface area (Å²) in [4.78, 5) is 12.7. The fraction of sp³-hybridized carbons (Fsp3) is 0.900. The Balaban J connectivity index is 3.71. The summed E-state index contributed by atoms with van der Waals surface area (Å²) in [5.74, 6) is -0.825. The fourth-order valence-electron chi connectivity index (χ4n) is 1.14. The van der Waals surface area contributed by atoms with Crippen molar-refractivity contribution in [3.05, 3.63) is 0 Å². The molecule has 0 aliphatic rings. The highest BCUT2D eigenvalue weighted by Crippen LogP contribution is 1.92. The Labute approximate surface area is 91.4 Å². The summed E-state index contributed by atoms with van der Waals surface area (Å²) in [6.45, 7) is 5.81. The van der Waals surface area contributed by atoms with Crippen LogP contribution in [0.1, 0.15) is 13.8 Å². The molecule has 0 amide bonds. The second kappa shape index (κ2) is 7.62. The molecule has 0 saturated heterocycles. The Morgan fingerprint density at radius 3 is 2.53 bits per heavy atom. The molecule has 0 aromatic rings. The van der Waals surface area contributed by atoms with E-state index in [9.17, 15) is 4.79 Å². The van der Waals surface area contributed by atoms with Gasteiger partial charge >= 0.3 is 5.97 Å². The third kappa shape index (κ3) is 7.30. The van der Waals surface area contributed by atoms with Gasteiger partial charge in [0.15, 0.2) is 0 Å². The first-order chi connectivity index (χ1) is 6.97. The van der Waals surface area contributed by atoms with Gasteiger partial charge in [0.2, 0.25) is 0 Å². The van der Waals surface area contributed by atoms with E-state index in [-0.39, 0.29) is 6.10 Å². The molecule has 0 fully saturated rings. The lowest BCUT2D eigenvalue weighted by molar-refractivity contribution is -0.139. The fourth-order valence-corrected chi connectivity index (χ4v) is 1.14. The first-order valence-corrected chi connectivity index (χ1v) is 5.17. The standard InChI is InChI=1S/C10H22N2O3/c1-8(2)15-6-5-12(4)7-9(11-3)10(13)14/h8-9,11H,5-7H2,1-4H3,(H,13,14). The average molecular weight is 218 g/mol. The molecule has 90 valence electrons. The molecule has 5 nitrogen and oxygen atoms in total.